The van der Waals surface area contributed by atoms with E-state index in [0.29, 0.717) is 6.04 Å². The number of anilines is 1. The molecule has 3 heteroatoms. The largest absolute Gasteiger partial charge is 0.381 e. The minimum absolute atomic E-state index is 0.582. The summed E-state index contributed by atoms with van der Waals surface area (Å²) in [6.07, 6.45) is 6.98. The summed E-state index contributed by atoms with van der Waals surface area (Å²) < 4.78 is 0. The van der Waals surface area contributed by atoms with E-state index in [2.05, 4.69) is 10.3 Å². The second kappa shape index (κ2) is 4.53. The lowest BCUT2D eigenvalue weighted by Crippen LogP contribution is -2.14. The Hall–Kier alpha value is -1.28. The predicted octanol–water partition coefficient (Wildman–Crippen LogP) is 4.24. The Labute approximate surface area is 106 Å². The molecular formula is C14H15ClN2. The first-order valence-corrected chi connectivity index (χ1v) is 6.51. The third-order valence-corrected chi connectivity index (χ3v) is 3.60. The van der Waals surface area contributed by atoms with Crippen molar-refractivity contribution in [2.45, 2.75) is 31.7 Å². The fraction of sp³-hybridized carbons (Fsp3) is 0.357. The highest BCUT2D eigenvalue weighted by Gasteiger charge is 2.16. The third kappa shape index (κ3) is 2.22. The molecule has 17 heavy (non-hydrogen) atoms. The van der Waals surface area contributed by atoms with Crippen LogP contribution in [0.5, 0.6) is 0 Å². The molecule has 0 amide bonds. The Bertz CT molecular complexity index is 533. The molecule has 1 saturated carbocycles. The standard InChI is InChI=1S/C14H15ClN2/c15-11-8-10-4-3-7-16-14(10)13(9-11)17-12-5-1-2-6-12/h3-4,7-9,12,17H,1-2,5-6H2. The molecule has 0 saturated heterocycles. The van der Waals surface area contributed by atoms with E-state index in [1.807, 2.05) is 30.5 Å². The first kappa shape index (κ1) is 10.8. The van der Waals surface area contributed by atoms with Gasteiger partial charge in [0.05, 0.1) is 11.2 Å². The van der Waals surface area contributed by atoms with Crippen molar-refractivity contribution in [1.82, 2.24) is 4.98 Å². The highest BCUT2D eigenvalue weighted by molar-refractivity contribution is 6.31. The maximum atomic E-state index is 6.14. The van der Waals surface area contributed by atoms with Gasteiger partial charge in [-0.15, -0.1) is 0 Å². The van der Waals surface area contributed by atoms with Crippen LogP contribution < -0.4 is 5.32 Å². The zero-order chi connectivity index (χ0) is 11.7. The zero-order valence-electron chi connectivity index (χ0n) is 9.62. The molecule has 0 radical (unpaired) electrons. The van der Waals surface area contributed by atoms with Crippen molar-refractivity contribution in [1.29, 1.82) is 0 Å². The van der Waals surface area contributed by atoms with Crippen LogP contribution in [-0.4, -0.2) is 11.0 Å². The number of aromatic nitrogens is 1. The van der Waals surface area contributed by atoms with E-state index in [4.69, 9.17) is 11.6 Å². The van der Waals surface area contributed by atoms with Crippen molar-refractivity contribution in [3.8, 4) is 0 Å². The van der Waals surface area contributed by atoms with Crippen LogP contribution in [0.25, 0.3) is 10.9 Å². The number of benzene rings is 1. The van der Waals surface area contributed by atoms with Crippen LogP contribution in [0.4, 0.5) is 5.69 Å². The van der Waals surface area contributed by atoms with E-state index >= 15 is 0 Å². The number of fused-ring (bicyclic) bond motifs is 1. The predicted molar refractivity (Wildman–Crippen MR) is 72.6 cm³/mol. The number of nitrogens with one attached hydrogen (secondary N) is 1. The number of halogens is 1. The van der Waals surface area contributed by atoms with Gasteiger partial charge in [-0.25, -0.2) is 0 Å². The Kier molecular flexibility index (Phi) is 2.89. The van der Waals surface area contributed by atoms with Crippen LogP contribution in [0, 0.1) is 0 Å². The molecule has 0 unspecified atom stereocenters. The summed E-state index contributed by atoms with van der Waals surface area (Å²) in [5, 5.41) is 5.44. The van der Waals surface area contributed by atoms with Crippen LogP contribution in [0.3, 0.4) is 0 Å². The summed E-state index contributed by atoms with van der Waals surface area (Å²) in [6, 6.07) is 8.52. The fourth-order valence-corrected chi connectivity index (χ4v) is 2.78. The monoisotopic (exact) mass is 246 g/mol. The second-order valence-electron chi connectivity index (χ2n) is 4.65. The molecule has 1 N–H and O–H groups in total. The van der Waals surface area contributed by atoms with Crippen molar-refractivity contribution in [3.05, 3.63) is 35.5 Å². The number of nitrogens with zero attached hydrogens (tertiary/aromatic N) is 1. The van der Waals surface area contributed by atoms with Gasteiger partial charge in [-0.2, -0.15) is 0 Å². The maximum Gasteiger partial charge on any atom is 0.0934 e. The van der Waals surface area contributed by atoms with E-state index in [9.17, 15) is 0 Å². The highest BCUT2D eigenvalue weighted by Crippen LogP contribution is 2.29. The SMILES string of the molecule is Clc1cc(NC2CCCC2)c2ncccc2c1. The van der Waals surface area contributed by atoms with Gasteiger partial charge < -0.3 is 5.32 Å². The van der Waals surface area contributed by atoms with E-state index in [-0.39, 0.29) is 0 Å². The molecule has 2 aromatic rings. The minimum atomic E-state index is 0.582. The van der Waals surface area contributed by atoms with Gasteiger partial charge in [0.15, 0.2) is 0 Å². The Morgan fingerprint density at radius 1 is 1.24 bits per heavy atom. The Morgan fingerprint density at radius 2 is 2.06 bits per heavy atom. The molecule has 2 nitrogen and oxygen atoms in total. The topological polar surface area (TPSA) is 24.9 Å². The summed E-state index contributed by atoms with van der Waals surface area (Å²) in [7, 11) is 0. The van der Waals surface area contributed by atoms with Crippen molar-refractivity contribution in [3.63, 3.8) is 0 Å². The van der Waals surface area contributed by atoms with Crippen LogP contribution in [0.1, 0.15) is 25.7 Å². The summed E-state index contributed by atoms with van der Waals surface area (Å²) in [6.45, 7) is 0. The summed E-state index contributed by atoms with van der Waals surface area (Å²) >= 11 is 6.14. The fourth-order valence-electron chi connectivity index (χ4n) is 2.56. The minimum Gasteiger partial charge on any atom is -0.381 e. The average molecular weight is 247 g/mol. The first-order chi connectivity index (χ1) is 8.33. The lowest BCUT2D eigenvalue weighted by Gasteiger charge is -2.15. The molecule has 1 aromatic carbocycles. The summed E-state index contributed by atoms with van der Waals surface area (Å²) in [4.78, 5) is 4.44. The molecule has 1 aliphatic carbocycles. The quantitative estimate of drug-likeness (QED) is 0.857. The van der Waals surface area contributed by atoms with E-state index in [1.54, 1.807) is 0 Å². The van der Waals surface area contributed by atoms with Crippen LogP contribution >= 0.6 is 11.6 Å². The molecule has 1 fully saturated rings. The molecule has 1 heterocycles. The molecule has 1 aliphatic rings. The number of hydrogen-bond acceptors (Lipinski definition) is 2. The van der Waals surface area contributed by atoms with E-state index in [1.165, 1.54) is 25.7 Å². The number of rotatable bonds is 2. The lowest BCUT2D eigenvalue weighted by atomic mass is 10.1. The Balaban J connectivity index is 2.01. The second-order valence-corrected chi connectivity index (χ2v) is 5.09. The van der Waals surface area contributed by atoms with Crippen LogP contribution in [0.15, 0.2) is 30.5 Å². The smallest absolute Gasteiger partial charge is 0.0934 e. The first-order valence-electron chi connectivity index (χ1n) is 6.14. The van der Waals surface area contributed by atoms with Crippen LogP contribution in [0.2, 0.25) is 5.02 Å². The van der Waals surface area contributed by atoms with Crippen molar-refractivity contribution >= 4 is 28.2 Å². The normalized spacial score (nSPS) is 16.5. The van der Waals surface area contributed by atoms with Crippen molar-refractivity contribution in [2.24, 2.45) is 0 Å². The zero-order valence-corrected chi connectivity index (χ0v) is 10.4. The van der Waals surface area contributed by atoms with Gasteiger partial charge in [0.1, 0.15) is 0 Å². The highest BCUT2D eigenvalue weighted by atomic mass is 35.5. The molecule has 1 aromatic heterocycles. The molecule has 0 bridgehead atoms. The molecule has 0 spiro atoms. The Morgan fingerprint density at radius 3 is 2.88 bits per heavy atom. The van der Waals surface area contributed by atoms with E-state index in [0.717, 1.165) is 21.6 Å². The molecule has 3 rings (SSSR count). The lowest BCUT2D eigenvalue weighted by molar-refractivity contribution is 0.756. The van der Waals surface area contributed by atoms with Gasteiger partial charge in [0.25, 0.3) is 0 Å². The van der Waals surface area contributed by atoms with Gasteiger partial charge in [0.2, 0.25) is 0 Å². The molecular weight excluding hydrogens is 232 g/mol. The average Bonchev–Trinajstić information content (AvgIpc) is 2.81. The van der Waals surface area contributed by atoms with Crippen molar-refractivity contribution in [2.75, 3.05) is 5.32 Å². The molecule has 0 atom stereocenters. The third-order valence-electron chi connectivity index (χ3n) is 3.38. The van der Waals surface area contributed by atoms with Gasteiger partial charge in [0, 0.05) is 22.6 Å². The van der Waals surface area contributed by atoms with Crippen molar-refractivity contribution < 1.29 is 0 Å². The van der Waals surface area contributed by atoms with Gasteiger partial charge >= 0.3 is 0 Å². The maximum absolute atomic E-state index is 6.14. The summed E-state index contributed by atoms with van der Waals surface area (Å²) in [5.41, 5.74) is 2.09. The summed E-state index contributed by atoms with van der Waals surface area (Å²) in [5.74, 6) is 0. The molecule has 88 valence electrons. The molecule has 0 aliphatic heterocycles. The van der Waals surface area contributed by atoms with Gasteiger partial charge in [-0.05, 0) is 31.0 Å². The number of pyridine rings is 1. The number of hydrogen-bond donors (Lipinski definition) is 1. The van der Waals surface area contributed by atoms with Gasteiger partial charge in [-0.1, -0.05) is 30.5 Å². The van der Waals surface area contributed by atoms with E-state index < -0.39 is 0 Å². The van der Waals surface area contributed by atoms with Gasteiger partial charge in [-0.3, -0.25) is 4.98 Å². The van der Waals surface area contributed by atoms with Crippen LogP contribution in [-0.2, 0) is 0 Å².